The molecule has 4 rings (SSSR count). The van der Waals surface area contributed by atoms with E-state index in [0.717, 1.165) is 18.6 Å². The van der Waals surface area contributed by atoms with E-state index in [4.69, 9.17) is 22.9 Å². The predicted molar refractivity (Wildman–Crippen MR) is 190 cm³/mol. The molecule has 8 nitrogen and oxygen atoms in total. The molecule has 0 amide bonds. The number of phenolic OH excluding ortho intramolecular Hbond substituents is 1. The Kier molecular flexibility index (Phi) is 13.4. The molecular formula is C37H44F3N5O3S. The van der Waals surface area contributed by atoms with Gasteiger partial charge in [0.15, 0.2) is 5.78 Å². The Morgan fingerprint density at radius 1 is 1.12 bits per heavy atom. The first kappa shape index (κ1) is 39.1. The second kappa shape index (κ2) is 16.8. The SMILES string of the molecule is CCCC.CCCC(=N)c1nc(-c2cc(N(C(C)=S)C3(C(=O)CCCc4ccc(C#N)c(C(F)(F)F)c4)CCC3)ccc2O)[nH]c(=O)c1C. The number of unbranched alkanes of at least 4 members (excludes halogenated alkanes) is 1. The van der Waals surface area contributed by atoms with Gasteiger partial charge in [-0.3, -0.25) is 9.59 Å². The van der Waals surface area contributed by atoms with E-state index in [1.165, 1.54) is 25.0 Å². The van der Waals surface area contributed by atoms with E-state index >= 15 is 0 Å². The highest BCUT2D eigenvalue weighted by molar-refractivity contribution is 7.80. The molecule has 0 unspecified atom stereocenters. The average Bonchev–Trinajstić information content (AvgIpc) is 3.03. The van der Waals surface area contributed by atoms with Crippen molar-refractivity contribution in [3.05, 3.63) is 74.7 Å². The number of nitrogens with one attached hydrogen (secondary N) is 2. The molecule has 0 spiro atoms. The zero-order valence-corrected chi connectivity index (χ0v) is 29.5. The molecule has 1 aromatic heterocycles. The van der Waals surface area contributed by atoms with Crippen LogP contribution >= 0.6 is 12.2 Å². The molecule has 0 aliphatic heterocycles. The topological polar surface area (TPSA) is 134 Å². The molecule has 0 bridgehead atoms. The van der Waals surface area contributed by atoms with E-state index in [-0.39, 0.29) is 47.2 Å². The van der Waals surface area contributed by atoms with Gasteiger partial charge in [0, 0.05) is 17.7 Å². The van der Waals surface area contributed by atoms with Gasteiger partial charge < -0.3 is 20.4 Å². The number of aromatic hydroxyl groups is 1. The van der Waals surface area contributed by atoms with Crippen LogP contribution in [0.1, 0.15) is 113 Å². The Bertz CT molecular complexity index is 1790. The Morgan fingerprint density at radius 3 is 2.33 bits per heavy atom. The van der Waals surface area contributed by atoms with Gasteiger partial charge >= 0.3 is 6.18 Å². The summed E-state index contributed by atoms with van der Waals surface area (Å²) in [7, 11) is 0. The van der Waals surface area contributed by atoms with Crippen molar-refractivity contribution >= 4 is 34.4 Å². The van der Waals surface area contributed by atoms with Crippen molar-refractivity contribution in [1.82, 2.24) is 9.97 Å². The lowest BCUT2D eigenvalue weighted by Gasteiger charge is -2.50. The number of hydrogen-bond acceptors (Lipinski definition) is 7. The third kappa shape index (κ3) is 9.01. The van der Waals surface area contributed by atoms with Gasteiger partial charge in [0.1, 0.15) is 17.1 Å². The van der Waals surface area contributed by atoms with Gasteiger partial charge in [-0.15, -0.1) is 0 Å². The van der Waals surface area contributed by atoms with Gasteiger partial charge in [0.05, 0.1) is 39.2 Å². The number of nitriles is 1. The van der Waals surface area contributed by atoms with Crippen LogP contribution in [0.3, 0.4) is 0 Å². The van der Waals surface area contributed by atoms with Crippen LogP contribution in [0.25, 0.3) is 11.4 Å². The van der Waals surface area contributed by atoms with Crippen LogP contribution in [-0.4, -0.2) is 37.1 Å². The largest absolute Gasteiger partial charge is 0.507 e. The minimum Gasteiger partial charge on any atom is -0.507 e. The summed E-state index contributed by atoms with van der Waals surface area (Å²) in [5, 5.41) is 28.2. The quantitative estimate of drug-likeness (QED) is 0.127. The van der Waals surface area contributed by atoms with E-state index in [1.54, 1.807) is 36.9 Å². The van der Waals surface area contributed by atoms with Crippen LogP contribution in [0, 0.1) is 23.7 Å². The predicted octanol–water partition coefficient (Wildman–Crippen LogP) is 8.98. The number of aryl methyl sites for hydroxylation is 1. The van der Waals surface area contributed by atoms with E-state index in [2.05, 4.69) is 23.8 Å². The van der Waals surface area contributed by atoms with Crippen LogP contribution in [-0.2, 0) is 17.4 Å². The molecule has 1 fully saturated rings. The van der Waals surface area contributed by atoms with Crippen molar-refractivity contribution < 1.29 is 23.1 Å². The number of aromatic amines is 1. The smallest absolute Gasteiger partial charge is 0.417 e. The lowest BCUT2D eigenvalue weighted by atomic mass is 9.70. The number of alkyl halides is 3. The van der Waals surface area contributed by atoms with Gasteiger partial charge in [0.2, 0.25) is 0 Å². The maximum atomic E-state index is 13.8. The summed E-state index contributed by atoms with van der Waals surface area (Å²) >= 11 is 5.62. The number of thiocarbonyl (C=S) groups is 1. The molecule has 1 aliphatic carbocycles. The highest BCUT2D eigenvalue weighted by Gasteiger charge is 2.49. The van der Waals surface area contributed by atoms with Crippen molar-refractivity contribution in [2.75, 3.05) is 4.90 Å². The third-order valence-electron chi connectivity index (χ3n) is 8.75. The number of nitrogens with zero attached hydrogens (tertiary/aromatic N) is 3. The number of hydrogen-bond donors (Lipinski definition) is 3. The summed E-state index contributed by atoms with van der Waals surface area (Å²) in [5.74, 6) is -0.179. The maximum absolute atomic E-state index is 13.8. The van der Waals surface area contributed by atoms with E-state index in [1.807, 2.05) is 6.92 Å². The second-order valence-electron chi connectivity index (χ2n) is 12.3. The number of carbonyl (C=O) groups is 1. The first-order chi connectivity index (χ1) is 23.1. The number of rotatable bonds is 12. The fourth-order valence-corrected chi connectivity index (χ4v) is 6.09. The normalized spacial score (nSPS) is 13.4. The van der Waals surface area contributed by atoms with Gasteiger partial charge in [-0.2, -0.15) is 18.4 Å². The number of aromatic nitrogens is 2. The van der Waals surface area contributed by atoms with Crippen LogP contribution < -0.4 is 10.5 Å². The molecule has 12 heteroatoms. The Labute approximate surface area is 290 Å². The van der Waals surface area contributed by atoms with Gasteiger partial charge in [0.25, 0.3) is 5.56 Å². The summed E-state index contributed by atoms with van der Waals surface area (Å²) in [6, 6.07) is 9.84. The van der Waals surface area contributed by atoms with E-state index < -0.39 is 28.4 Å². The molecule has 2 aromatic carbocycles. The molecule has 1 saturated carbocycles. The standard InChI is InChI=1S/C33H34F3N5O3S.C4H10/c1-4-7-26(38)29-19(2)31(44)40-30(39-29)24-17-23(12-13-27(24)42)41(20(3)45)32(14-6-15-32)28(43)9-5-8-21-10-11-22(18-37)25(16-21)33(34,35)36;1-3-4-2/h10-13,16-17,38,42H,4-9,14-15H2,1-3H3,(H,39,40,44);3-4H2,1-2H3. The molecule has 49 heavy (non-hydrogen) atoms. The monoisotopic (exact) mass is 695 g/mol. The number of H-pyrrole nitrogens is 1. The number of phenols is 1. The molecule has 3 aromatic rings. The highest BCUT2D eigenvalue weighted by atomic mass is 32.1. The van der Waals surface area contributed by atoms with Crippen molar-refractivity contribution in [1.29, 1.82) is 10.7 Å². The lowest BCUT2D eigenvalue weighted by Crippen LogP contribution is -2.61. The summed E-state index contributed by atoms with van der Waals surface area (Å²) in [5.41, 5.74) is -0.970. The number of carbonyl (C=O) groups excluding carboxylic acids is 1. The molecule has 0 saturated heterocycles. The molecule has 0 radical (unpaired) electrons. The Hall–Kier alpha value is -4.37. The summed E-state index contributed by atoms with van der Waals surface area (Å²) in [6.45, 7) is 9.57. The number of anilines is 1. The fourth-order valence-electron chi connectivity index (χ4n) is 5.81. The fraction of sp³-hybridized carbons (Fsp3) is 0.459. The summed E-state index contributed by atoms with van der Waals surface area (Å²) < 4.78 is 40.3. The van der Waals surface area contributed by atoms with Crippen LogP contribution in [0.2, 0.25) is 0 Å². The van der Waals surface area contributed by atoms with Crippen LogP contribution in [0.4, 0.5) is 18.9 Å². The van der Waals surface area contributed by atoms with Crippen molar-refractivity contribution in [2.24, 2.45) is 0 Å². The number of ketones is 1. The molecule has 1 heterocycles. The van der Waals surface area contributed by atoms with Crippen molar-refractivity contribution in [3.8, 4) is 23.2 Å². The molecule has 3 N–H and O–H groups in total. The molecular weight excluding hydrogens is 652 g/mol. The summed E-state index contributed by atoms with van der Waals surface area (Å²) in [6.07, 6.45) is 1.54. The average molecular weight is 696 g/mol. The summed E-state index contributed by atoms with van der Waals surface area (Å²) in [4.78, 5) is 36.0. The van der Waals surface area contributed by atoms with Gasteiger partial charge in [-0.1, -0.05) is 58.3 Å². The van der Waals surface area contributed by atoms with Gasteiger partial charge in [-0.05, 0) is 88.3 Å². The number of benzene rings is 2. The first-order valence-corrected chi connectivity index (χ1v) is 17.0. The van der Waals surface area contributed by atoms with E-state index in [0.29, 0.717) is 53.9 Å². The second-order valence-corrected chi connectivity index (χ2v) is 12.9. The highest BCUT2D eigenvalue weighted by Crippen LogP contribution is 2.44. The Morgan fingerprint density at radius 2 is 1.80 bits per heavy atom. The van der Waals surface area contributed by atoms with Gasteiger partial charge in [-0.25, -0.2) is 4.98 Å². The molecule has 1 aliphatic rings. The zero-order valence-electron chi connectivity index (χ0n) is 28.7. The van der Waals surface area contributed by atoms with Crippen molar-refractivity contribution in [2.45, 2.75) is 111 Å². The number of halogens is 3. The molecule has 0 atom stereocenters. The maximum Gasteiger partial charge on any atom is 0.417 e. The minimum absolute atomic E-state index is 0.0809. The van der Waals surface area contributed by atoms with E-state index in [9.17, 15) is 27.9 Å². The Balaban J connectivity index is 0.00000154. The lowest BCUT2D eigenvalue weighted by molar-refractivity contribution is -0.137. The van der Waals surface area contributed by atoms with Crippen LogP contribution in [0.15, 0.2) is 41.2 Å². The van der Waals surface area contributed by atoms with Crippen LogP contribution in [0.5, 0.6) is 5.75 Å². The first-order valence-electron chi connectivity index (χ1n) is 16.6. The third-order valence-corrected chi connectivity index (χ3v) is 8.94. The molecule has 262 valence electrons. The number of Topliss-reactive ketones (excluding diaryl/α,β-unsaturated/α-hetero) is 1. The van der Waals surface area contributed by atoms with Crippen molar-refractivity contribution in [3.63, 3.8) is 0 Å². The zero-order chi connectivity index (χ0) is 36.5. The minimum atomic E-state index is -4.66.